The van der Waals surface area contributed by atoms with E-state index in [9.17, 15) is 4.79 Å². The molecule has 206 valence electrons. The Kier molecular flexibility index (Phi) is 8.92. The molecule has 0 N–H and O–H groups in total. The van der Waals surface area contributed by atoms with E-state index < -0.39 is 32.3 Å². The minimum absolute atomic E-state index is 0.210. The lowest BCUT2D eigenvalue weighted by molar-refractivity contribution is -0.154. The van der Waals surface area contributed by atoms with Crippen LogP contribution in [0.4, 0.5) is 0 Å². The highest BCUT2D eigenvalue weighted by atomic mass is 28.4. The zero-order chi connectivity index (χ0) is 28.1. The molecule has 0 aliphatic carbocycles. The van der Waals surface area contributed by atoms with Gasteiger partial charge in [-0.2, -0.15) is 0 Å². The van der Waals surface area contributed by atoms with Crippen LogP contribution in [-0.4, -0.2) is 39.4 Å². The Bertz CT molecular complexity index is 1200. The predicted molar refractivity (Wildman–Crippen MR) is 157 cm³/mol. The first-order chi connectivity index (χ1) is 18.6. The fourth-order valence-corrected chi connectivity index (χ4v) is 10.2. The predicted octanol–water partition coefficient (Wildman–Crippen LogP) is 5.94. The van der Waals surface area contributed by atoms with Gasteiger partial charge in [-0.1, -0.05) is 118 Å². The highest BCUT2D eigenvalue weighted by molar-refractivity contribution is 6.99. The minimum atomic E-state index is -2.92. The Morgan fingerprint density at radius 2 is 1.41 bits per heavy atom. The summed E-state index contributed by atoms with van der Waals surface area (Å²) >= 11 is 0. The zero-order valence-corrected chi connectivity index (χ0v) is 24.8. The van der Waals surface area contributed by atoms with Gasteiger partial charge in [-0.15, -0.1) is 0 Å². The molecule has 3 atom stereocenters. The van der Waals surface area contributed by atoms with Crippen molar-refractivity contribution in [3.05, 3.63) is 109 Å². The van der Waals surface area contributed by atoms with Crippen LogP contribution in [0.3, 0.4) is 0 Å². The molecule has 1 unspecified atom stereocenters. The van der Waals surface area contributed by atoms with Gasteiger partial charge in [0.05, 0.1) is 13.2 Å². The van der Waals surface area contributed by atoms with E-state index in [0.717, 1.165) is 5.56 Å². The highest BCUT2D eigenvalue weighted by Crippen LogP contribution is 2.44. The van der Waals surface area contributed by atoms with Crippen LogP contribution in [0.1, 0.15) is 52.7 Å². The molecule has 4 rings (SSSR count). The van der Waals surface area contributed by atoms with Crippen LogP contribution in [0.2, 0.25) is 5.04 Å². The first-order valence-corrected chi connectivity index (χ1v) is 15.4. The third-order valence-corrected chi connectivity index (χ3v) is 12.2. The topological polar surface area (TPSA) is 54.0 Å². The minimum Gasteiger partial charge on any atom is -0.466 e. The summed E-state index contributed by atoms with van der Waals surface area (Å²) in [6, 6.07) is 31.5. The molecule has 0 amide bonds. The van der Waals surface area contributed by atoms with Gasteiger partial charge in [-0.3, -0.25) is 0 Å². The van der Waals surface area contributed by atoms with Gasteiger partial charge >= 0.3 is 5.97 Å². The van der Waals surface area contributed by atoms with Crippen LogP contribution >= 0.6 is 0 Å². The van der Waals surface area contributed by atoms with Crippen molar-refractivity contribution in [2.45, 2.75) is 70.2 Å². The molecule has 0 bridgehead atoms. The SMILES string of the molecule is COC(=O)/C=C\CC1OC(C)(C)O[C@@H]1[C@@H](O[Si](c1ccccc1)(c1ccccc1)C(C)(C)C)c1ccccc1. The Balaban J connectivity index is 1.87. The maximum Gasteiger partial charge on any atom is 0.330 e. The van der Waals surface area contributed by atoms with E-state index in [2.05, 4.69) is 81.4 Å². The lowest BCUT2D eigenvalue weighted by Crippen LogP contribution is -2.67. The summed E-state index contributed by atoms with van der Waals surface area (Å²) in [7, 11) is -1.55. The van der Waals surface area contributed by atoms with Crippen LogP contribution in [0.25, 0.3) is 0 Å². The van der Waals surface area contributed by atoms with E-state index in [4.69, 9.17) is 18.6 Å². The summed E-state index contributed by atoms with van der Waals surface area (Å²) in [6.45, 7) is 10.7. The summed E-state index contributed by atoms with van der Waals surface area (Å²) in [5.74, 6) is -1.20. The van der Waals surface area contributed by atoms with Crippen LogP contribution in [-0.2, 0) is 23.4 Å². The first kappa shape index (κ1) is 29.0. The molecular weight excluding hydrogens is 504 g/mol. The van der Waals surface area contributed by atoms with Crippen molar-refractivity contribution in [3.8, 4) is 0 Å². The lowest BCUT2D eigenvalue weighted by Gasteiger charge is -2.46. The van der Waals surface area contributed by atoms with Crippen molar-refractivity contribution in [3.63, 3.8) is 0 Å². The smallest absolute Gasteiger partial charge is 0.330 e. The summed E-state index contributed by atoms with van der Waals surface area (Å²) in [6.07, 6.45) is 2.55. The third-order valence-electron chi connectivity index (χ3n) is 7.19. The summed E-state index contributed by atoms with van der Waals surface area (Å²) in [5, 5.41) is 2.19. The molecule has 0 saturated carbocycles. The molecule has 6 heteroatoms. The Hall–Kier alpha value is -3.03. The second-order valence-corrected chi connectivity index (χ2v) is 15.7. The Labute approximate surface area is 233 Å². The van der Waals surface area contributed by atoms with Gasteiger partial charge in [0.25, 0.3) is 8.32 Å². The lowest BCUT2D eigenvalue weighted by atomic mass is 9.98. The molecule has 1 aliphatic heterocycles. The van der Waals surface area contributed by atoms with Crippen molar-refractivity contribution in [2.24, 2.45) is 0 Å². The van der Waals surface area contributed by atoms with E-state index in [1.165, 1.54) is 23.6 Å². The van der Waals surface area contributed by atoms with E-state index in [-0.39, 0.29) is 11.1 Å². The number of rotatable bonds is 9. The van der Waals surface area contributed by atoms with Gasteiger partial charge in [0.1, 0.15) is 12.2 Å². The molecule has 1 aliphatic rings. The first-order valence-electron chi connectivity index (χ1n) is 13.5. The van der Waals surface area contributed by atoms with Crippen LogP contribution < -0.4 is 10.4 Å². The number of hydrogen-bond donors (Lipinski definition) is 0. The molecule has 1 heterocycles. The monoisotopic (exact) mass is 544 g/mol. The number of benzene rings is 3. The normalized spacial score (nSPS) is 20.2. The van der Waals surface area contributed by atoms with Crippen LogP contribution in [0, 0.1) is 0 Å². The van der Waals surface area contributed by atoms with Gasteiger partial charge in [0.15, 0.2) is 5.79 Å². The molecular formula is C33H40O5Si. The average molecular weight is 545 g/mol. The van der Waals surface area contributed by atoms with E-state index in [1.807, 2.05) is 44.2 Å². The molecule has 5 nitrogen and oxygen atoms in total. The molecule has 0 spiro atoms. The Morgan fingerprint density at radius 3 is 1.90 bits per heavy atom. The highest BCUT2D eigenvalue weighted by Gasteiger charge is 2.55. The van der Waals surface area contributed by atoms with E-state index in [0.29, 0.717) is 6.42 Å². The maximum atomic E-state index is 11.8. The van der Waals surface area contributed by atoms with Crippen molar-refractivity contribution >= 4 is 24.7 Å². The van der Waals surface area contributed by atoms with E-state index >= 15 is 0 Å². The fraction of sp³-hybridized carbons (Fsp3) is 0.364. The number of esters is 1. The van der Waals surface area contributed by atoms with E-state index in [1.54, 1.807) is 6.08 Å². The van der Waals surface area contributed by atoms with Crippen LogP contribution in [0.5, 0.6) is 0 Å². The molecule has 0 radical (unpaired) electrons. The average Bonchev–Trinajstić information content (AvgIpc) is 3.23. The molecule has 39 heavy (non-hydrogen) atoms. The zero-order valence-electron chi connectivity index (χ0n) is 23.8. The number of carbonyl (C=O) groups excluding carboxylic acids is 1. The molecule has 3 aromatic rings. The summed E-state index contributed by atoms with van der Waals surface area (Å²) < 4.78 is 25.4. The van der Waals surface area contributed by atoms with Crippen molar-refractivity contribution in [1.29, 1.82) is 0 Å². The second kappa shape index (κ2) is 12.0. The number of ether oxygens (including phenoxy) is 3. The number of hydrogen-bond acceptors (Lipinski definition) is 5. The molecule has 1 fully saturated rings. The number of methoxy groups -OCH3 is 1. The van der Waals surface area contributed by atoms with Crippen molar-refractivity contribution < 1.29 is 23.4 Å². The third kappa shape index (κ3) is 6.42. The van der Waals surface area contributed by atoms with Gasteiger partial charge in [0, 0.05) is 6.08 Å². The van der Waals surface area contributed by atoms with Crippen molar-refractivity contribution in [2.75, 3.05) is 7.11 Å². The Morgan fingerprint density at radius 1 is 0.897 bits per heavy atom. The van der Waals surface area contributed by atoms with Gasteiger partial charge in [-0.05, 0) is 41.2 Å². The molecule has 3 aromatic carbocycles. The second-order valence-electron chi connectivity index (χ2n) is 11.4. The van der Waals surface area contributed by atoms with Crippen molar-refractivity contribution in [1.82, 2.24) is 0 Å². The quantitative estimate of drug-likeness (QED) is 0.190. The maximum absolute atomic E-state index is 11.8. The fourth-order valence-electron chi connectivity index (χ4n) is 5.52. The summed E-state index contributed by atoms with van der Waals surface area (Å²) in [4.78, 5) is 11.8. The van der Waals surface area contributed by atoms with Gasteiger partial charge < -0.3 is 18.6 Å². The standard InChI is InChI=1S/C33H40O5Si/c1-32(2,3)39(26-19-12-8-13-20-26,27-21-14-9-15-22-27)38-30(25-17-10-7-11-18-25)31-28(36-33(4,5)37-31)23-16-24-29(34)35-6/h7-22,24,28,30-31H,23H2,1-6H3/b24-16-/t28?,30-,31-/m0/s1. The molecule has 1 saturated heterocycles. The summed E-state index contributed by atoms with van der Waals surface area (Å²) in [5.41, 5.74) is 1.03. The largest absolute Gasteiger partial charge is 0.466 e. The van der Waals surface area contributed by atoms with Gasteiger partial charge in [0.2, 0.25) is 0 Å². The molecule has 0 aromatic heterocycles. The van der Waals surface area contributed by atoms with Gasteiger partial charge in [-0.25, -0.2) is 4.79 Å². The van der Waals surface area contributed by atoms with Crippen LogP contribution in [0.15, 0.2) is 103 Å². The number of carbonyl (C=O) groups is 1.